The van der Waals surface area contributed by atoms with Gasteiger partial charge in [0.15, 0.2) is 0 Å². The van der Waals surface area contributed by atoms with Crippen LogP contribution in [-0.4, -0.2) is 55.1 Å². The predicted octanol–water partition coefficient (Wildman–Crippen LogP) is 1.17. The van der Waals surface area contributed by atoms with E-state index >= 15 is 0 Å². The first-order valence-corrected chi connectivity index (χ1v) is 7.45. The number of morpholine rings is 1. The molecule has 1 aromatic rings. The lowest BCUT2D eigenvalue weighted by molar-refractivity contribution is -0.0943. The zero-order chi connectivity index (χ0) is 15.4. The normalized spacial score (nSPS) is 26.3. The van der Waals surface area contributed by atoms with Crippen molar-refractivity contribution in [2.75, 3.05) is 26.9 Å². The van der Waals surface area contributed by atoms with Crippen molar-refractivity contribution in [3.8, 4) is 5.75 Å². The van der Waals surface area contributed by atoms with E-state index in [-0.39, 0.29) is 30.8 Å². The van der Waals surface area contributed by atoms with Crippen molar-refractivity contribution < 1.29 is 14.6 Å². The molecule has 1 aliphatic rings. The molecule has 3 N–H and O–H groups in total. The smallest absolute Gasteiger partial charge is 0.123 e. The largest absolute Gasteiger partial charge is 0.496 e. The number of rotatable bonds is 5. The van der Waals surface area contributed by atoms with Gasteiger partial charge >= 0.3 is 0 Å². The van der Waals surface area contributed by atoms with Crippen molar-refractivity contribution in [3.63, 3.8) is 0 Å². The molecule has 5 nitrogen and oxygen atoms in total. The molecule has 0 amide bonds. The van der Waals surface area contributed by atoms with E-state index in [1.807, 2.05) is 25.1 Å². The number of methoxy groups -OCH3 is 1. The molecular formula is C16H26N2O3. The van der Waals surface area contributed by atoms with Crippen LogP contribution in [0.3, 0.4) is 0 Å². The molecule has 5 heteroatoms. The summed E-state index contributed by atoms with van der Waals surface area (Å²) in [5, 5.41) is 9.38. The summed E-state index contributed by atoms with van der Waals surface area (Å²) in [4.78, 5) is 2.31. The van der Waals surface area contributed by atoms with Crippen molar-refractivity contribution in [2.45, 2.75) is 38.1 Å². The Morgan fingerprint density at radius 1 is 1.48 bits per heavy atom. The Bertz CT molecular complexity index is 453. The molecule has 1 aliphatic heterocycles. The van der Waals surface area contributed by atoms with Gasteiger partial charge in [0.25, 0.3) is 0 Å². The molecule has 1 fully saturated rings. The van der Waals surface area contributed by atoms with E-state index in [0.717, 1.165) is 11.3 Å². The highest BCUT2D eigenvalue weighted by molar-refractivity contribution is 5.37. The van der Waals surface area contributed by atoms with Gasteiger partial charge in [-0.25, -0.2) is 0 Å². The van der Waals surface area contributed by atoms with Gasteiger partial charge in [0.2, 0.25) is 0 Å². The maximum atomic E-state index is 9.38. The number of para-hydroxylation sites is 1. The quantitative estimate of drug-likeness (QED) is 0.853. The highest BCUT2D eigenvalue weighted by atomic mass is 16.5. The van der Waals surface area contributed by atoms with Crippen LogP contribution in [-0.2, 0) is 4.74 Å². The van der Waals surface area contributed by atoms with Gasteiger partial charge in [0, 0.05) is 24.2 Å². The van der Waals surface area contributed by atoms with Crippen molar-refractivity contribution in [2.24, 2.45) is 5.73 Å². The van der Waals surface area contributed by atoms with Crippen LogP contribution in [0.4, 0.5) is 0 Å². The van der Waals surface area contributed by atoms with Gasteiger partial charge in [-0.3, -0.25) is 4.90 Å². The number of nitrogens with zero attached hydrogens (tertiary/aromatic N) is 1. The van der Waals surface area contributed by atoms with E-state index < -0.39 is 0 Å². The number of ether oxygens (including phenoxy) is 2. The van der Waals surface area contributed by atoms with E-state index in [1.165, 1.54) is 0 Å². The second-order valence-electron chi connectivity index (χ2n) is 5.73. The predicted molar refractivity (Wildman–Crippen MR) is 82.4 cm³/mol. The number of nitrogens with two attached hydrogens (primary N) is 1. The summed E-state index contributed by atoms with van der Waals surface area (Å²) >= 11 is 0. The van der Waals surface area contributed by atoms with Crippen LogP contribution < -0.4 is 10.5 Å². The molecule has 0 radical (unpaired) electrons. The number of benzene rings is 1. The molecule has 21 heavy (non-hydrogen) atoms. The summed E-state index contributed by atoms with van der Waals surface area (Å²) in [6.07, 6.45) is -0.155. The first-order chi connectivity index (χ1) is 10.1. The van der Waals surface area contributed by atoms with Crippen molar-refractivity contribution in [1.29, 1.82) is 0 Å². The van der Waals surface area contributed by atoms with E-state index in [2.05, 4.69) is 17.9 Å². The summed E-state index contributed by atoms with van der Waals surface area (Å²) in [6, 6.07) is 8.20. The number of aliphatic hydroxyl groups is 1. The minimum Gasteiger partial charge on any atom is -0.496 e. The van der Waals surface area contributed by atoms with Gasteiger partial charge in [-0.15, -0.1) is 0 Å². The second kappa shape index (κ2) is 7.22. The first-order valence-electron chi connectivity index (χ1n) is 7.45. The third-order valence-electron chi connectivity index (χ3n) is 4.07. The van der Waals surface area contributed by atoms with Crippen LogP contribution in [0.5, 0.6) is 5.75 Å². The second-order valence-corrected chi connectivity index (χ2v) is 5.73. The Balaban J connectivity index is 2.33. The molecule has 4 unspecified atom stereocenters. The van der Waals surface area contributed by atoms with E-state index in [4.69, 9.17) is 15.2 Å². The monoisotopic (exact) mass is 294 g/mol. The summed E-state index contributed by atoms with van der Waals surface area (Å²) in [5.41, 5.74) is 7.36. The molecule has 2 rings (SSSR count). The molecule has 1 heterocycles. The average molecular weight is 294 g/mol. The average Bonchev–Trinajstić information content (AvgIpc) is 2.49. The SMILES string of the molecule is COc1ccccc1C(C(C)N)N1CC(CO)OCC1C. The fraction of sp³-hybridized carbons (Fsp3) is 0.625. The molecular weight excluding hydrogens is 268 g/mol. The minimum absolute atomic E-state index is 0.0286. The summed E-state index contributed by atoms with van der Waals surface area (Å²) in [5.74, 6) is 0.846. The molecule has 0 saturated carbocycles. The number of hydrogen-bond acceptors (Lipinski definition) is 5. The van der Waals surface area contributed by atoms with Crippen molar-refractivity contribution >= 4 is 0 Å². The fourth-order valence-electron chi connectivity index (χ4n) is 3.01. The third kappa shape index (κ3) is 3.55. The molecule has 0 bridgehead atoms. The molecule has 1 saturated heterocycles. The Hall–Kier alpha value is -1.14. The van der Waals surface area contributed by atoms with Crippen LogP contribution in [0.1, 0.15) is 25.5 Å². The third-order valence-corrected chi connectivity index (χ3v) is 4.07. The van der Waals surface area contributed by atoms with E-state index in [1.54, 1.807) is 7.11 Å². The minimum atomic E-state index is -0.155. The van der Waals surface area contributed by atoms with Crippen molar-refractivity contribution in [1.82, 2.24) is 4.90 Å². The maximum Gasteiger partial charge on any atom is 0.123 e. The summed E-state index contributed by atoms with van der Waals surface area (Å²) in [6.45, 7) is 5.43. The highest BCUT2D eigenvalue weighted by Gasteiger charge is 2.34. The zero-order valence-electron chi connectivity index (χ0n) is 13.0. The lowest BCUT2D eigenvalue weighted by atomic mass is 9.95. The van der Waals surface area contributed by atoms with Crippen molar-refractivity contribution in [3.05, 3.63) is 29.8 Å². The van der Waals surface area contributed by atoms with Crippen LogP contribution >= 0.6 is 0 Å². The number of aliphatic hydroxyl groups excluding tert-OH is 1. The first kappa shape index (κ1) is 16.2. The topological polar surface area (TPSA) is 68.0 Å². The van der Waals surface area contributed by atoms with Gasteiger partial charge in [-0.2, -0.15) is 0 Å². The highest BCUT2D eigenvalue weighted by Crippen LogP contribution is 2.34. The van der Waals surface area contributed by atoms with Gasteiger partial charge < -0.3 is 20.3 Å². The van der Waals surface area contributed by atoms with Crippen LogP contribution in [0, 0.1) is 0 Å². The summed E-state index contributed by atoms with van der Waals surface area (Å²) in [7, 11) is 1.68. The van der Waals surface area contributed by atoms with Gasteiger partial charge in [0.05, 0.1) is 32.5 Å². The van der Waals surface area contributed by atoms with Gasteiger partial charge in [0.1, 0.15) is 5.75 Å². The van der Waals surface area contributed by atoms with Crippen LogP contribution in [0.2, 0.25) is 0 Å². The molecule has 4 atom stereocenters. The Labute approximate surface area is 126 Å². The molecule has 118 valence electrons. The zero-order valence-corrected chi connectivity index (χ0v) is 13.0. The van der Waals surface area contributed by atoms with Gasteiger partial charge in [-0.05, 0) is 19.9 Å². The fourth-order valence-corrected chi connectivity index (χ4v) is 3.01. The molecule has 0 spiro atoms. The van der Waals surface area contributed by atoms with Crippen LogP contribution in [0.25, 0.3) is 0 Å². The summed E-state index contributed by atoms with van der Waals surface area (Å²) < 4.78 is 11.1. The standard InChI is InChI=1S/C16H26N2O3/c1-11-10-21-13(9-19)8-18(11)16(12(2)17)14-6-4-5-7-15(14)20-3/h4-7,11-13,16,19H,8-10,17H2,1-3H3. The molecule has 1 aromatic carbocycles. The Morgan fingerprint density at radius 2 is 2.19 bits per heavy atom. The number of hydrogen-bond donors (Lipinski definition) is 2. The lowest BCUT2D eigenvalue weighted by Crippen LogP contribution is -2.54. The van der Waals surface area contributed by atoms with Crippen LogP contribution in [0.15, 0.2) is 24.3 Å². The Kier molecular flexibility index (Phi) is 5.58. The van der Waals surface area contributed by atoms with Gasteiger partial charge in [-0.1, -0.05) is 18.2 Å². The molecule has 0 aromatic heterocycles. The lowest BCUT2D eigenvalue weighted by Gasteiger charge is -2.44. The maximum absolute atomic E-state index is 9.38. The Morgan fingerprint density at radius 3 is 2.81 bits per heavy atom. The van der Waals surface area contributed by atoms with E-state index in [0.29, 0.717) is 13.2 Å². The van der Waals surface area contributed by atoms with E-state index in [9.17, 15) is 5.11 Å². The molecule has 0 aliphatic carbocycles.